The first-order valence-corrected chi connectivity index (χ1v) is 8.95. The Hall–Kier alpha value is -0.845. The normalized spacial score (nSPS) is 21.8. The van der Waals surface area contributed by atoms with Crippen molar-refractivity contribution in [3.8, 4) is 0 Å². The molecule has 2 heterocycles. The van der Waals surface area contributed by atoms with Crippen LogP contribution in [0.1, 0.15) is 36.0 Å². The molecular weight excluding hydrogens is 355 g/mol. The van der Waals surface area contributed by atoms with E-state index in [9.17, 15) is 4.79 Å². The Morgan fingerprint density at radius 2 is 2.13 bits per heavy atom. The Labute approximate surface area is 147 Å². The molecule has 6 heteroatoms. The molecule has 23 heavy (non-hydrogen) atoms. The number of amides is 1. The molecule has 2 radical (unpaired) electrons. The highest BCUT2D eigenvalue weighted by atomic mass is 79.9. The van der Waals surface area contributed by atoms with Gasteiger partial charge in [-0.05, 0) is 64.5 Å². The van der Waals surface area contributed by atoms with E-state index < -0.39 is 0 Å². The number of carbonyl (C=O) groups is 1. The number of hydrogen-bond donors (Lipinski definition) is 0. The summed E-state index contributed by atoms with van der Waals surface area (Å²) in [5.74, 6) is 0.510. The first kappa shape index (κ1) is 17.0. The number of aryl methyl sites for hydroxylation is 1. The third-order valence-electron chi connectivity index (χ3n) is 4.81. The SMILES string of the molecule is [B]N1CCc2cc3c(c(Br)c2C(C)C1)N(CCOC)C(=O)CC3. The van der Waals surface area contributed by atoms with E-state index >= 15 is 0 Å². The summed E-state index contributed by atoms with van der Waals surface area (Å²) in [5.41, 5.74) is 4.95. The van der Waals surface area contributed by atoms with E-state index in [1.54, 1.807) is 7.11 Å². The molecule has 0 aliphatic carbocycles. The van der Waals surface area contributed by atoms with Crippen LogP contribution >= 0.6 is 15.9 Å². The summed E-state index contributed by atoms with van der Waals surface area (Å²) in [4.78, 5) is 16.2. The molecule has 1 unspecified atom stereocenters. The lowest BCUT2D eigenvalue weighted by Gasteiger charge is -2.33. The number of benzene rings is 1. The maximum absolute atomic E-state index is 12.4. The van der Waals surface area contributed by atoms with Crippen LogP contribution in [0, 0.1) is 0 Å². The maximum atomic E-state index is 12.4. The monoisotopic (exact) mass is 376 g/mol. The smallest absolute Gasteiger partial charge is 0.227 e. The molecular formula is C17H22BBrN2O2. The number of fused-ring (bicyclic) bond motifs is 2. The Kier molecular flexibility index (Phi) is 5.14. The second kappa shape index (κ2) is 6.95. The van der Waals surface area contributed by atoms with Crippen LogP contribution in [0.25, 0.3) is 0 Å². The minimum atomic E-state index is 0.178. The standard InChI is InChI=1S/C17H22BBrN2O2/c1-11-10-20(18)6-5-12-9-13-3-4-14(22)21(7-8-23-2)17(13)16(19)15(11)12/h9,11H,3-8,10H2,1-2H3. The van der Waals surface area contributed by atoms with Gasteiger partial charge in [-0.25, -0.2) is 0 Å². The third kappa shape index (κ3) is 3.21. The molecule has 3 rings (SSSR count). The van der Waals surface area contributed by atoms with Crippen LogP contribution in [0.5, 0.6) is 0 Å². The Bertz CT molecular complexity index is 623. The summed E-state index contributed by atoms with van der Waals surface area (Å²) < 4.78 is 6.25. The van der Waals surface area contributed by atoms with Gasteiger partial charge in [0.25, 0.3) is 0 Å². The maximum Gasteiger partial charge on any atom is 0.227 e. The molecule has 0 spiro atoms. The number of halogens is 1. The van der Waals surface area contributed by atoms with Crippen LogP contribution in [0.3, 0.4) is 0 Å². The largest absolute Gasteiger partial charge is 0.383 e. The van der Waals surface area contributed by atoms with Crippen molar-refractivity contribution in [2.24, 2.45) is 0 Å². The van der Waals surface area contributed by atoms with Crippen molar-refractivity contribution < 1.29 is 9.53 Å². The molecule has 122 valence electrons. The molecule has 1 aromatic rings. The zero-order valence-electron chi connectivity index (χ0n) is 13.8. The van der Waals surface area contributed by atoms with Gasteiger partial charge in [0.05, 0.1) is 12.3 Å². The number of nitrogens with zero attached hydrogens (tertiary/aromatic N) is 2. The summed E-state index contributed by atoms with van der Waals surface area (Å²) >= 11 is 3.81. The highest BCUT2D eigenvalue weighted by molar-refractivity contribution is 9.10. The summed E-state index contributed by atoms with van der Waals surface area (Å²) in [6.07, 6.45) is 2.33. The average Bonchev–Trinajstić information content (AvgIpc) is 2.65. The Balaban J connectivity index is 2.09. The number of hydrogen-bond acceptors (Lipinski definition) is 3. The van der Waals surface area contributed by atoms with Crippen molar-refractivity contribution in [3.63, 3.8) is 0 Å². The molecule has 0 saturated heterocycles. The molecule has 0 N–H and O–H groups in total. The quantitative estimate of drug-likeness (QED) is 0.759. The summed E-state index contributed by atoms with van der Waals surface area (Å²) in [7, 11) is 7.73. The molecule has 2 aliphatic rings. The first-order chi connectivity index (χ1) is 11.0. The van der Waals surface area contributed by atoms with Crippen molar-refractivity contribution in [1.29, 1.82) is 0 Å². The summed E-state index contributed by atoms with van der Waals surface area (Å²) in [5, 5.41) is 0. The molecule has 4 nitrogen and oxygen atoms in total. The minimum absolute atomic E-state index is 0.178. The van der Waals surface area contributed by atoms with Crippen molar-refractivity contribution >= 4 is 35.5 Å². The highest BCUT2D eigenvalue weighted by Gasteiger charge is 2.31. The van der Waals surface area contributed by atoms with Crippen LogP contribution in [0.2, 0.25) is 0 Å². The van der Waals surface area contributed by atoms with E-state index in [1.807, 2.05) is 9.71 Å². The molecule has 1 atom stereocenters. The fourth-order valence-corrected chi connectivity index (χ4v) is 4.82. The molecule has 0 saturated carbocycles. The van der Waals surface area contributed by atoms with Crippen LogP contribution < -0.4 is 4.90 Å². The van der Waals surface area contributed by atoms with Crippen LogP contribution in [-0.4, -0.2) is 52.1 Å². The fourth-order valence-electron chi connectivity index (χ4n) is 3.71. The number of ether oxygens (including phenoxy) is 1. The average molecular weight is 377 g/mol. The second-order valence-electron chi connectivity index (χ2n) is 6.46. The number of anilines is 1. The van der Waals surface area contributed by atoms with Gasteiger partial charge in [0, 0.05) is 24.5 Å². The fraction of sp³-hybridized carbons (Fsp3) is 0.588. The highest BCUT2D eigenvalue weighted by Crippen LogP contribution is 2.43. The number of carbonyl (C=O) groups excluding carboxylic acids is 1. The van der Waals surface area contributed by atoms with Gasteiger partial charge in [-0.15, -0.1) is 0 Å². The van der Waals surface area contributed by atoms with E-state index in [-0.39, 0.29) is 5.91 Å². The molecule has 1 amide bonds. The van der Waals surface area contributed by atoms with Gasteiger partial charge < -0.3 is 14.4 Å². The van der Waals surface area contributed by atoms with Crippen LogP contribution in [0.15, 0.2) is 10.5 Å². The first-order valence-electron chi connectivity index (χ1n) is 8.16. The van der Waals surface area contributed by atoms with Crippen molar-refractivity contribution in [3.05, 3.63) is 27.2 Å². The van der Waals surface area contributed by atoms with Crippen molar-refractivity contribution in [2.75, 3.05) is 38.3 Å². The van der Waals surface area contributed by atoms with E-state index in [0.29, 0.717) is 25.5 Å². The van der Waals surface area contributed by atoms with Gasteiger partial charge in [-0.2, -0.15) is 0 Å². The Morgan fingerprint density at radius 1 is 1.35 bits per heavy atom. The van der Waals surface area contributed by atoms with Gasteiger partial charge in [0.1, 0.15) is 0 Å². The van der Waals surface area contributed by atoms with E-state index in [1.165, 1.54) is 16.7 Å². The van der Waals surface area contributed by atoms with Gasteiger partial charge in [-0.1, -0.05) is 13.0 Å². The van der Waals surface area contributed by atoms with E-state index in [4.69, 9.17) is 12.7 Å². The van der Waals surface area contributed by atoms with Gasteiger partial charge in [0.2, 0.25) is 5.91 Å². The summed E-state index contributed by atoms with van der Waals surface area (Å²) in [6, 6.07) is 2.29. The zero-order chi connectivity index (χ0) is 16.6. The third-order valence-corrected chi connectivity index (χ3v) is 5.61. The number of methoxy groups -OCH3 is 1. The molecule has 0 bridgehead atoms. The van der Waals surface area contributed by atoms with Gasteiger partial charge in [-0.3, -0.25) is 4.79 Å². The lowest BCUT2D eigenvalue weighted by Crippen LogP contribution is -2.38. The van der Waals surface area contributed by atoms with E-state index in [2.05, 4.69) is 28.9 Å². The molecule has 1 aromatic carbocycles. The number of rotatable bonds is 3. The molecule has 0 aromatic heterocycles. The minimum Gasteiger partial charge on any atom is -0.383 e. The predicted octanol–water partition coefficient (Wildman–Crippen LogP) is 2.42. The Morgan fingerprint density at radius 3 is 2.87 bits per heavy atom. The van der Waals surface area contributed by atoms with Crippen molar-refractivity contribution in [1.82, 2.24) is 4.81 Å². The predicted molar refractivity (Wildman–Crippen MR) is 96.1 cm³/mol. The zero-order valence-corrected chi connectivity index (χ0v) is 15.4. The second-order valence-corrected chi connectivity index (χ2v) is 7.25. The topological polar surface area (TPSA) is 32.8 Å². The van der Waals surface area contributed by atoms with Gasteiger partial charge in [0.15, 0.2) is 7.98 Å². The molecule has 2 aliphatic heterocycles. The lowest BCUT2D eigenvalue weighted by molar-refractivity contribution is -0.119. The molecule has 0 fully saturated rings. The van der Waals surface area contributed by atoms with E-state index in [0.717, 1.165) is 36.1 Å². The van der Waals surface area contributed by atoms with Crippen LogP contribution in [0.4, 0.5) is 5.69 Å². The lowest BCUT2D eigenvalue weighted by atomic mass is 9.89. The van der Waals surface area contributed by atoms with Crippen LogP contribution in [-0.2, 0) is 22.4 Å². The van der Waals surface area contributed by atoms with Crippen molar-refractivity contribution in [2.45, 2.75) is 32.1 Å². The van der Waals surface area contributed by atoms with Gasteiger partial charge >= 0.3 is 0 Å². The summed E-state index contributed by atoms with van der Waals surface area (Å²) in [6.45, 7) is 5.04.